The largest absolute Gasteiger partial charge is 0.495 e. The second-order valence-corrected chi connectivity index (χ2v) is 8.81. The third kappa shape index (κ3) is 5.16. The number of amides is 1. The summed E-state index contributed by atoms with van der Waals surface area (Å²) in [6.45, 7) is 1.58. The van der Waals surface area contributed by atoms with Crippen LogP contribution in [0, 0.1) is 17.0 Å². The van der Waals surface area contributed by atoms with Gasteiger partial charge in [0.25, 0.3) is 21.6 Å². The van der Waals surface area contributed by atoms with E-state index < -0.39 is 20.9 Å². The van der Waals surface area contributed by atoms with Gasteiger partial charge in [-0.05, 0) is 49.4 Å². The van der Waals surface area contributed by atoms with Crippen molar-refractivity contribution in [3.05, 3.63) is 86.9 Å². The molecule has 3 rings (SSSR count). The van der Waals surface area contributed by atoms with Gasteiger partial charge in [-0.25, -0.2) is 8.42 Å². The van der Waals surface area contributed by atoms with Crippen molar-refractivity contribution in [3.63, 3.8) is 0 Å². The van der Waals surface area contributed by atoms with Crippen LogP contribution in [0.25, 0.3) is 0 Å². The normalized spacial score (nSPS) is 11.0. The Morgan fingerprint density at radius 1 is 1.09 bits per heavy atom. The van der Waals surface area contributed by atoms with Crippen molar-refractivity contribution in [3.8, 4) is 5.75 Å². The smallest absolute Gasteiger partial charge is 0.274 e. The Balaban J connectivity index is 1.86. The summed E-state index contributed by atoms with van der Waals surface area (Å²) in [7, 11) is -2.68. The fourth-order valence-electron chi connectivity index (χ4n) is 2.86. The number of carbonyl (C=O) groups excluding carboxylic acids is 1. The van der Waals surface area contributed by atoms with Gasteiger partial charge in [-0.15, -0.1) is 0 Å². The summed E-state index contributed by atoms with van der Waals surface area (Å²) in [6, 6.07) is 14.1. The predicted octanol–water partition coefficient (Wildman–Crippen LogP) is 4.62. The molecule has 1 amide bonds. The molecule has 0 saturated heterocycles. The highest BCUT2D eigenvalue weighted by molar-refractivity contribution is 7.92. The summed E-state index contributed by atoms with van der Waals surface area (Å²) in [6.07, 6.45) is 0. The molecule has 0 radical (unpaired) electrons. The van der Waals surface area contributed by atoms with Crippen LogP contribution < -0.4 is 14.8 Å². The summed E-state index contributed by atoms with van der Waals surface area (Å²) in [5.74, 6) is -0.353. The van der Waals surface area contributed by atoms with Crippen LogP contribution in [-0.4, -0.2) is 26.4 Å². The maximum absolute atomic E-state index is 12.9. The molecule has 166 valence electrons. The first-order valence-electron chi connectivity index (χ1n) is 9.13. The minimum absolute atomic E-state index is 0.0502. The number of methoxy groups -OCH3 is 1. The second kappa shape index (κ2) is 9.25. The average molecular weight is 476 g/mol. The third-order valence-electron chi connectivity index (χ3n) is 4.48. The molecular weight excluding hydrogens is 458 g/mol. The number of nitrogens with zero attached hydrogens (tertiary/aromatic N) is 1. The number of nitro groups is 1. The Labute approximate surface area is 189 Å². The molecule has 9 nitrogen and oxygen atoms in total. The molecule has 2 N–H and O–H groups in total. The van der Waals surface area contributed by atoms with Crippen LogP contribution in [0.3, 0.4) is 0 Å². The molecule has 0 heterocycles. The molecule has 0 fully saturated rings. The van der Waals surface area contributed by atoms with E-state index >= 15 is 0 Å². The van der Waals surface area contributed by atoms with Crippen LogP contribution in [0.2, 0.25) is 5.02 Å². The zero-order valence-corrected chi connectivity index (χ0v) is 18.5. The van der Waals surface area contributed by atoms with E-state index in [1.165, 1.54) is 61.7 Å². The lowest BCUT2D eigenvalue weighted by Crippen LogP contribution is -2.16. The summed E-state index contributed by atoms with van der Waals surface area (Å²) in [4.78, 5) is 23.0. The lowest BCUT2D eigenvalue weighted by atomic mass is 10.1. The summed E-state index contributed by atoms with van der Waals surface area (Å²) in [5.41, 5.74) is 0.709. The molecule has 0 spiro atoms. The van der Waals surface area contributed by atoms with Crippen molar-refractivity contribution in [2.75, 3.05) is 17.1 Å². The first kappa shape index (κ1) is 23.0. The molecule has 0 aliphatic carbocycles. The summed E-state index contributed by atoms with van der Waals surface area (Å²) < 4.78 is 33.3. The number of hydrogen-bond donors (Lipinski definition) is 2. The molecule has 0 aromatic heterocycles. The van der Waals surface area contributed by atoms with Gasteiger partial charge in [0.2, 0.25) is 0 Å². The van der Waals surface area contributed by atoms with E-state index in [4.69, 9.17) is 16.3 Å². The quantitative estimate of drug-likeness (QED) is 0.379. The van der Waals surface area contributed by atoms with E-state index in [0.29, 0.717) is 10.6 Å². The van der Waals surface area contributed by atoms with Gasteiger partial charge >= 0.3 is 0 Å². The van der Waals surface area contributed by atoms with Gasteiger partial charge in [0.05, 0.1) is 22.6 Å². The number of carbonyl (C=O) groups is 1. The van der Waals surface area contributed by atoms with Crippen LogP contribution in [0.4, 0.5) is 17.1 Å². The van der Waals surface area contributed by atoms with E-state index in [1.54, 1.807) is 13.0 Å². The Kier molecular flexibility index (Phi) is 6.66. The van der Waals surface area contributed by atoms with E-state index in [2.05, 4.69) is 10.0 Å². The molecule has 0 atom stereocenters. The third-order valence-corrected chi connectivity index (χ3v) is 6.07. The highest BCUT2D eigenvalue weighted by Gasteiger charge is 2.19. The van der Waals surface area contributed by atoms with Crippen molar-refractivity contribution in [2.45, 2.75) is 11.8 Å². The maximum atomic E-state index is 12.9. The fourth-order valence-corrected chi connectivity index (χ4v) is 4.13. The van der Waals surface area contributed by atoms with Gasteiger partial charge in [0.15, 0.2) is 0 Å². The van der Waals surface area contributed by atoms with E-state index in [1.807, 2.05) is 0 Å². The van der Waals surface area contributed by atoms with Gasteiger partial charge < -0.3 is 10.1 Å². The summed E-state index contributed by atoms with van der Waals surface area (Å²) in [5, 5.41) is 14.0. The Morgan fingerprint density at radius 3 is 2.53 bits per heavy atom. The molecule has 32 heavy (non-hydrogen) atoms. The number of rotatable bonds is 7. The molecule has 11 heteroatoms. The number of sulfonamides is 1. The van der Waals surface area contributed by atoms with Crippen LogP contribution in [0.1, 0.15) is 15.9 Å². The van der Waals surface area contributed by atoms with Gasteiger partial charge in [0.1, 0.15) is 5.75 Å². The van der Waals surface area contributed by atoms with Crippen molar-refractivity contribution >= 4 is 44.6 Å². The zero-order valence-electron chi connectivity index (χ0n) is 17.0. The van der Waals surface area contributed by atoms with Crippen LogP contribution >= 0.6 is 11.6 Å². The number of nitro benzene ring substituents is 1. The van der Waals surface area contributed by atoms with E-state index in [-0.39, 0.29) is 33.3 Å². The van der Waals surface area contributed by atoms with Crippen LogP contribution in [0.5, 0.6) is 5.75 Å². The van der Waals surface area contributed by atoms with Crippen molar-refractivity contribution in [1.82, 2.24) is 0 Å². The van der Waals surface area contributed by atoms with Crippen molar-refractivity contribution < 1.29 is 22.9 Å². The Morgan fingerprint density at radius 2 is 1.84 bits per heavy atom. The van der Waals surface area contributed by atoms with Crippen LogP contribution in [-0.2, 0) is 10.0 Å². The maximum Gasteiger partial charge on any atom is 0.274 e. The standard InChI is InChI=1S/C21H18ClN3O6S/c1-13-6-8-16(12-19(13)25(27)28)23-21(26)14-4-3-5-17(10-14)32(29,30)24-18-11-15(22)7-9-20(18)31-2/h3-12,24H,1-2H3,(H,23,26). The van der Waals surface area contributed by atoms with Gasteiger partial charge in [-0.2, -0.15) is 0 Å². The van der Waals surface area contributed by atoms with Gasteiger partial charge in [-0.1, -0.05) is 23.7 Å². The molecule has 3 aromatic carbocycles. The predicted molar refractivity (Wildman–Crippen MR) is 121 cm³/mol. The van der Waals surface area contributed by atoms with Crippen molar-refractivity contribution in [2.24, 2.45) is 0 Å². The SMILES string of the molecule is COc1ccc(Cl)cc1NS(=O)(=O)c1cccc(C(=O)Nc2ccc(C)c([N+](=O)[O-])c2)c1. The Hall–Kier alpha value is -3.63. The first-order valence-corrected chi connectivity index (χ1v) is 11.0. The molecular formula is C21H18ClN3O6S. The minimum atomic E-state index is -4.07. The molecule has 0 unspecified atom stereocenters. The summed E-state index contributed by atoms with van der Waals surface area (Å²) >= 11 is 5.95. The fraction of sp³-hybridized carbons (Fsp3) is 0.0952. The highest BCUT2D eigenvalue weighted by atomic mass is 35.5. The molecule has 0 saturated carbocycles. The zero-order chi connectivity index (χ0) is 23.5. The molecule has 3 aromatic rings. The van der Waals surface area contributed by atoms with Crippen LogP contribution in [0.15, 0.2) is 65.6 Å². The van der Waals surface area contributed by atoms with E-state index in [9.17, 15) is 23.3 Å². The number of nitrogens with one attached hydrogen (secondary N) is 2. The lowest BCUT2D eigenvalue weighted by molar-refractivity contribution is -0.385. The minimum Gasteiger partial charge on any atom is -0.495 e. The topological polar surface area (TPSA) is 128 Å². The van der Waals surface area contributed by atoms with Crippen molar-refractivity contribution in [1.29, 1.82) is 0 Å². The second-order valence-electron chi connectivity index (χ2n) is 6.69. The molecule has 0 aliphatic rings. The molecule has 0 bridgehead atoms. The average Bonchev–Trinajstić information content (AvgIpc) is 2.75. The number of halogens is 1. The monoisotopic (exact) mass is 475 g/mol. The van der Waals surface area contributed by atoms with Gasteiger partial charge in [0, 0.05) is 27.9 Å². The number of aryl methyl sites for hydroxylation is 1. The first-order chi connectivity index (χ1) is 15.1. The molecule has 0 aliphatic heterocycles. The number of benzene rings is 3. The number of hydrogen-bond acceptors (Lipinski definition) is 6. The number of anilines is 2. The van der Waals surface area contributed by atoms with E-state index in [0.717, 1.165) is 0 Å². The highest BCUT2D eigenvalue weighted by Crippen LogP contribution is 2.30. The number of ether oxygens (including phenoxy) is 1. The lowest BCUT2D eigenvalue weighted by Gasteiger charge is -2.13. The Bertz CT molecular complexity index is 1310. The van der Waals surface area contributed by atoms with Gasteiger partial charge in [-0.3, -0.25) is 19.6 Å².